The van der Waals surface area contributed by atoms with Gasteiger partial charge in [-0.1, -0.05) is 6.07 Å². The average molecular weight is 410 g/mol. The number of aryl methyl sites for hydroxylation is 1. The van der Waals surface area contributed by atoms with Crippen LogP contribution in [0.25, 0.3) is 10.9 Å². The minimum Gasteiger partial charge on any atom is -0.497 e. The van der Waals surface area contributed by atoms with Crippen molar-refractivity contribution in [3.8, 4) is 17.2 Å². The van der Waals surface area contributed by atoms with Crippen LogP contribution >= 0.6 is 0 Å². The zero-order chi connectivity index (χ0) is 21.8. The van der Waals surface area contributed by atoms with E-state index in [4.69, 9.17) is 14.2 Å². The molecule has 2 aromatic carbocycles. The van der Waals surface area contributed by atoms with Crippen LogP contribution in [0.1, 0.15) is 35.8 Å². The van der Waals surface area contributed by atoms with E-state index in [1.54, 1.807) is 51.8 Å². The van der Waals surface area contributed by atoms with Gasteiger partial charge >= 0.3 is 0 Å². The molecule has 3 aromatic rings. The molecule has 1 atom stereocenters. The molecule has 1 aromatic heterocycles. The summed E-state index contributed by atoms with van der Waals surface area (Å²) in [6, 6.07) is 10.4. The fourth-order valence-corrected chi connectivity index (χ4v) is 3.41. The first kappa shape index (κ1) is 21.2. The summed E-state index contributed by atoms with van der Waals surface area (Å²) in [5.74, 6) is 1.31. The molecule has 7 nitrogen and oxygen atoms in total. The molecule has 1 heterocycles. The smallest absolute Gasteiger partial charge is 0.257 e. The third kappa shape index (κ3) is 3.96. The van der Waals surface area contributed by atoms with Crippen LogP contribution in [-0.2, 0) is 6.54 Å². The van der Waals surface area contributed by atoms with E-state index in [2.05, 4.69) is 5.32 Å². The Morgan fingerprint density at radius 2 is 1.77 bits per heavy atom. The summed E-state index contributed by atoms with van der Waals surface area (Å²) in [6.07, 6.45) is 1.60. The van der Waals surface area contributed by atoms with Gasteiger partial charge in [-0.25, -0.2) is 0 Å². The topological polar surface area (TPSA) is 78.8 Å². The van der Waals surface area contributed by atoms with Gasteiger partial charge in [0.25, 0.3) is 5.91 Å². The van der Waals surface area contributed by atoms with Crippen LogP contribution in [0.3, 0.4) is 0 Å². The molecule has 0 aliphatic heterocycles. The van der Waals surface area contributed by atoms with Crippen molar-refractivity contribution in [3.63, 3.8) is 0 Å². The molecule has 0 saturated heterocycles. The van der Waals surface area contributed by atoms with Gasteiger partial charge in [-0.15, -0.1) is 0 Å². The maximum Gasteiger partial charge on any atom is 0.257 e. The van der Waals surface area contributed by atoms with Crippen molar-refractivity contribution in [2.45, 2.75) is 26.4 Å². The lowest BCUT2D eigenvalue weighted by Crippen LogP contribution is -2.31. The number of methoxy groups -OCH3 is 3. The second-order valence-electron chi connectivity index (χ2n) is 6.85. The first-order valence-electron chi connectivity index (χ1n) is 9.67. The summed E-state index contributed by atoms with van der Waals surface area (Å²) < 4.78 is 17.7. The first-order valence-corrected chi connectivity index (χ1v) is 9.67. The summed E-state index contributed by atoms with van der Waals surface area (Å²) in [5.41, 5.74) is 1.35. The summed E-state index contributed by atoms with van der Waals surface area (Å²) in [7, 11) is 4.67. The summed E-state index contributed by atoms with van der Waals surface area (Å²) >= 11 is 0. The lowest BCUT2D eigenvalue weighted by Gasteiger charge is -2.17. The minimum absolute atomic E-state index is 0.0879. The van der Waals surface area contributed by atoms with Crippen molar-refractivity contribution in [1.82, 2.24) is 9.88 Å². The number of hydrogen-bond donors (Lipinski definition) is 1. The second-order valence-corrected chi connectivity index (χ2v) is 6.85. The molecular formula is C23H26N2O5. The number of fused-ring (bicyclic) bond motifs is 1. The van der Waals surface area contributed by atoms with Crippen LogP contribution in [0, 0.1) is 0 Å². The SMILES string of the molecule is CCn1cc(C(=O)N[C@@H](C)c2ccc(OC)c(OC)c2)c(=O)c2cc(OC)ccc21. The molecule has 158 valence electrons. The van der Waals surface area contributed by atoms with Crippen molar-refractivity contribution in [2.24, 2.45) is 0 Å². The molecule has 0 fully saturated rings. The Morgan fingerprint density at radius 1 is 1.03 bits per heavy atom. The van der Waals surface area contributed by atoms with Gasteiger partial charge in [0.2, 0.25) is 5.43 Å². The molecule has 7 heteroatoms. The van der Waals surface area contributed by atoms with Crippen molar-refractivity contribution in [1.29, 1.82) is 0 Å². The third-order valence-electron chi connectivity index (χ3n) is 5.13. The second kappa shape index (κ2) is 8.90. The fourth-order valence-electron chi connectivity index (χ4n) is 3.41. The molecule has 0 unspecified atom stereocenters. The fraction of sp³-hybridized carbons (Fsp3) is 0.304. The summed E-state index contributed by atoms with van der Waals surface area (Å²) in [6.45, 7) is 4.43. The standard InChI is InChI=1S/C23H26N2O5/c1-6-25-13-18(22(26)17-12-16(28-3)8-9-19(17)25)23(27)24-14(2)15-7-10-20(29-4)21(11-15)30-5/h7-14H,6H2,1-5H3,(H,24,27)/t14-/m0/s1. The predicted octanol–water partition coefficient (Wildman–Crippen LogP) is 3.54. The van der Waals surface area contributed by atoms with Crippen LogP contribution < -0.4 is 25.0 Å². The molecule has 0 spiro atoms. The molecular weight excluding hydrogens is 384 g/mol. The summed E-state index contributed by atoms with van der Waals surface area (Å²) in [4.78, 5) is 26.0. The van der Waals surface area contributed by atoms with Crippen molar-refractivity contribution in [3.05, 3.63) is 63.9 Å². The highest BCUT2D eigenvalue weighted by molar-refractivity contribution is 5.97. The maximum absolute atomic E-state index is 13.0. The lowest BCUT2D eigenvalue weighted by molar-refractivity contribution is 0.0938. The highest BCUT2D eigenvalue weighted by Gasteiger charge is 2.19. The van der Waals surface area contributed by atoms with Gasteiger partial charge in [-0.2, -0.15) is 0 Å². The number of aromatic nitrogens is 1. The number of benzene rings is 2. The van der Waals surface area contributed by atoms with Crippen LogP contribution in [-0.4, -0.2) is 31.8 Å². The number of nitrogens with one attached hydrogen (secondary N) is 1. The Hall–Kier alpha value is -3.48. The van der Waals surface area contributed by atoms with Crippen molar-refractivity contribution in [2.75, 3.05) is 21.3 Å². The number of hydrogen-bond acceptors (Lipinski definition) is 5. The zero-order valence-corrected chi connectivity index (χ0v) is 17.8. The number of nitrogens with zero attached hydrogens (tertiary/aromatic N) is 1. The van der Waals surface area contributed by atoms with E-state index in [9.17, 15) is 9.59 Å². The van der Waals surface area contributed by atoms with Crippen LogP contribution in [0.2, 0.25) is 0 Å². The molecule has 0 radical (unpaired) electrons. The number of carbonyl (C=O) groups is 1. The first-order chi connectivity index (χ1) is 14.4. The molecule has 0 bridgehead atoms. The van der Waals surface area contributed by atoms with E-state index in [1.165, 1.54) is 0 Å². The van der Waals surface area contributed by atoms with E-state index in [0.29, 0.717) is 29.2 Å². The molecule has 30 heavy (non-hydrogen) atoms. The molecule has 1 N–H and O–H groups in total. The van der Waals surface area contributed by atoms with E-state index in [0.717, 1.165) is 11.1 Å². The lowest BCUT2D eigenvalue weighted by atomic mass is 10.1. The van der Waals surface area contributed by atoms with Gasteiger partial charge in [0.1, 0.15) is 11.3 Å². The van der Waals surface area contributed by atoms with Gasteiger partial charge in [0.05, 0.1) is 38.3 Å². The molecule has 0 aliphatic rings. The molecule has 3 rings (SSSR count). The van der Waals surface area contributed by atoms with E-state index < -0.39 is 5.91 Å². The van der Waals surface area contributed by atoms with Gasteiger partial charge in [-0.05, 0) is 49.7 Å². The number of amides is 1. The van der Waals surface area contributed by atoms with Crippen LogP contribution in [0.5, 0.6) is 17.2 Å². The monoisotopic (exact) mass is 410 g/mol. The van der Waals surface area contributed by atoms with Gasteiger partial charge in [0.15, 0.2) is 11.5 Å². The molecule has 0 saturated carbocycles. The van der Waals surface area contributed by atoms with Crippen molar-refractivity contribution >= 4 is 16.8 Å². The van der Waals surface area contributed by atoms with Crippen LogP contribution in [0.15, 0.2) is 47.4 Å². The largest absolute Gasteiger partial charge is 0.497 e. The quantitative estimate of drug-likeness (QED) is 0.645. The Balaban J connectivity index is 1.96. The third-order valence-corrected chi connectivity index (χ3v) is 5.13. The highest BCUT2D eigenvalue weighted by atomic mass is 16.5. The number of ether oxygens (including phenoxy) is 3. The Bertz CT molecular complexity index is 1140. The molecule has 0 aliphatic carbocycles. The van der Waals surface area contributed by atoms with Gasteiger partial charge in [-0.3, -0.25) is 9.59 Å². The Morgan fingerprint density at radius 3 is 2.40 bits per heavy atom. The zero-order valence-electron chi connectivity index (χ0n) is 17.8. The van der Waals surface area contributed by atoms with Crippen molar-refractivity contribution < 1.29 is 19.0 Å². The summed E-state index contributed by atoms with van der Waals surface area (Å²) in [5, 5.41) is 3.35. The normalized spacial score (nSPS) is 11.8. The average Bonchev–Trinajstić information content (AvgIpc) is 2.78. The maximum atomic E-state index is 13.0. The number of pyridine rings is 1. The van der Waals surface area contributed by atoms with E-state index in [1.807, 2.05) is 30.5 Å². The Labute approximate surface area is 175 Å². The molecule has 1 amide bonds. The van der Waals surface area contributed by atoms with Gasteiger partial charge < -0.3 is 24.1 Å². The number of carbonyl (C=O) groups excluding carboxylic acids is 1. The van der Waals surface area contributed by atoms with Crippen LogP contribution in [0.4, 0.5) is 0 Å². The van der Waals surface area contributed by atoms with Gasteiger partial charge in [0, 0.05) is 12.7 Å². The predicted molar refractivity (Wildman–Crippen MR) is 116 cm³/mol. The Kier molecular flexibility index (Phi) is 6.30. The minimum atomic E-state index is -0.436. The number of rotatable bonds is 7. The van der Waals surface area contributed by atoms with E-state index >= 15 is 0 Å². The van der Waals surface area contributed by atoms with E-state index in [-0.39, 0.29) is 17.0 Å². The highest BCUT2D eigenvalue weighted by Crippen LogP contribution is 2.30.